The van der Waals surface area contributed by atoms with Gasteiger partial charge in [0, 0.05) is 19.1 Å². The molecule has 1 amide bonds. The maximum atomic E-state index is 14.1. The van der Waals surface area contributed by atoms with Crippen LogP contribution in [-0.2, 0) is 9.47 Å². The summed E-state index contributed by atoms with van der Waals surface area (Å²) in [5, 5.41) is 2.96. The molecular formula is C20H28F2N2O4. The fraction of sp³-hybridized carbons (Fsp3) is 0.600. The zero-order valence-corrected chi connectivity index (χ0v) is 17.0. The average Bonchev–Trinajstić information content (AvgIpc) is 2.63. The Balaban J connectivity index is 1.99. The third-order valence-corrected chi connectivity index (χ3v) is 4.73. The number of hydrogen-bond donors (Lipinski definition) is 1. The second kappa shape index (κ2) is 8.75. The van der Waals surface area contributed by atoms with Gasteiger partial charge >= 0.3 is 12.1 Å². The Morgan fingerprint density at radius 1 is 1.21 bits per heavy atom. The monoisotopic (exact) mass is 398 g/mol. The molecule has 0 radical (unpaired) electrons. The van der Waals surface area contributed by atoms with Gasteiger partial charge in [0.15, 0.2) is 11.6 Å². The van der Waals surface area contributed by atoms with Gasteiger partial charge in [-0.3, -0.25) is 0 Å². The Labute approximate surface area is 164 Å². The number of nitrogens with zero attached hydrogens (tertiary/aromatic N) is 1. The van der Waals surface area contributed by atoms with Gasteiger partial charge in [-0.05, 0) is 58.6 Å². The summed E-state index contributed by atoms with van der Waals surface area (Å²) in [6.07, 6.45) is 1.06. The number of nitrogens with one attached hydrogen (secondary N) is 1. The molecule has 1 saturated heterocycles. The summed E-state index contributed by atoms with van der Waals surface area (Å²) in [6, 6.07) is 1.88. The molecule has 0 aromatic heterocycles. The van der Waals surface area contributed by atoms with Gasteiger partial charge in [-0.2, -0.15) is 0 Å². The van der Waals surface area contributed by atoms with Crippen molar-refractivity contribution in [3.63, 3.8) is 0 Å². The van der Waals surface area contributed by atoms with Crippen LogP contribution in [0.3, 0.4) is 0 Å². The normalized spacial score (nSPS) is 16.5. The molecule has 1 fully saturated rings. The number of methoxy groups -OCH3 is 1. The van der Waals surface area contributed by atoms with Crippen molar-refractivity contribution >= 4 is 17.7 Å². The minimum atomic E-state index is -1.11. The predicted molar refractivity (Wildman–Crippen MR) is 101 cm³/mol. The minimum absolute atomic E-state index is 0.0594. The van der Waals surface area contributed by atoms with Crippen LogP contribution >= 0.6 is 0 Å². The number of rotatable bonds is 4. The van der Waals surface area contributed by atoms with Gasteiger partial charge in [-0.15, -0.1) is 0 Å². The van der Waals surface area contributed by atoms with Crippen molar-refractivity contribution in [2.45, 2.75) is 52.2 Å². The lowest BCUT2D eigenvalue weighted by atomic mass is 9.90. The maximum Gasteiger partial charge on any atom is 0.410 e. The molecular weight excluding hydrogens is 370 g/mol. The van der Waals surface area contributed by atoms with Crippen molar-refractivity contribution in [1.82, 2.24) is 4.90 Å². The van der Waals surface area contributed by atoms with Crippen LogP contribution < -0.4 is 5.32 Å². The van der Waals surface area contributed by atoms with Crippen LogP contribution in [0.1, 0.15) is 50.9 Å². The maximum absolute atomic E-state index is 14.1. The Bertz CT molecular complexity index is 726. The van der Waals surface area contributed by atoms with Crippen molar-refractivity contribution in [1.29, 1.82) is 0 Å². The van der Waals surface area contributed by atoms with Crippen molar-refractivity contribution in [3.05, 3.63) is 29.3 Å². The smallest absolute Gasteiger partial charge is 0.410 e. The van der Waals surface area contributed by atoms with Crippen LogP contribution in [0.5, 0.6) is 0 Å². The number of anilines is 1. The first-order valence-electron chi connectivity index (χ1n) is 9.33. The van der Waals surface area contributed by atoms with Crippen LogP contribution in [0, 0.1) is 17.6 Å². The lowest BCUT2D eigenvalue weighted by Gasteiger charge is -2.36. The molecule has 1 aromatic rings. The number of amides is 1. The molecule has 1 heterocycles. The Hall–Kier alpha value is -2.38. The molecule has 0 spiro atoms. The van der Waals surface area contributed by atoms with E-state index in [9.17, 15) is 18.4 Å². The fourth-order valence-corrected chi connectivity index (χ4v) is 3.20. The largest absolute Gasteiger partial charge is 0.465 e. The van der Waals surface area contributed by atoms with Crippen LogP contribution in [0.15, 0.2) is 12.1 Å². The number of likely N-dealkylation sites (tertiary alicyclic amines) is 1. The Morgan fingerprint density at radius 3 is 2.36 bits per heavy atom. The third kappa shape index (κ3) is 5.56. The molecule has 1 aliphatic rings. The van der Waals surface area contributed by atoms with Gasteiger partial charge in [-0.25, -0.2) is 18.4 Å². The molecule has 1 atom stereocenters. The van der Waals surface area contributed by atoms with Crippen molar-refractivity contribution in [2.75, 3.05) is 25.5 Å². The molecule has 0 bridgehead atoms. The molecule has 156 valence electrons. The highest BCUT2D eigenvalue weighted by atomic mass is 19.2. The van der Waals surface area contributed by atoms with Crippen molar-refractivity contribution in [3.8, 4) is 0 Å². The van der Waals surface area contributed by atoms with E-state index in [1.807, 2.05) is 27.7 Å². The van der Waals surface area contributed by atoms with Gasteiger partial charge in [-0.1, -0.05) is 0 Å². The van der Waals surface area contributed by atoms with E-state index < -0.39 is 23.2 Å². The van der Waals surface area contributed by atoms with Gasteiger partial charge in [0.1, 0.15) is 5.60 Å². The molecule has 0 aliphatic carbocycles. The van der Waals surface area contributed by atoms with Crippen LogP contribution in [0.4, 0.5) is 19.3 Å². The van der Waals surface area contributed by atoms with E-state index in [2.05, 4.69) is 10.1 Å². The molecule has 6 nitrogen and oxygen atoms in total. The van der Waals surface area contributed by atoms with E-state index in [4.69, 9.17) is 4.74 Å². The summed E-state index contributed by atoms with van der Waals surface area (Å²) in [4.78, 5) is 25.4. The fourth-order valence-electron chi connectivity index (χ4n) is 3.20. The van der Waals surface area contributed by atoms with Crippen molar-refractivity contribution < 1.29 is 27.8 Å². The lowest BCUT2D eigenvalue weighted by Crippen LogP contribution is -2.44. The molecule has 0 saturated carbocycles. The first-order valence-corrected chi connectivity index (χ1v) is 9.33. The standard InChI is InChI=1S/C20H28F2N2O4/c1-12(13-6-8-24(9-7-13)19(26)28-20(2,3)4)23-16-11-14(18(25)27-5)10-15(21)17(16)22/h10-13,23H,6-9H2,1-5H3/t12-/m0/s1. The van der Waals surface area contributed by atoms with Crippen LogP contribution in [0.25, 0.3) is 0 Å². The van der Waals surface area contributed by atoms with E-state index in [0.29, 0.717) is 25.9 Å². The molecule has 1 aliphatic heterocycles. The highest BCUT2D eigenvalue weighted by Crippen LogP contribution is 2.27. The van der Waals surface area contributed by atoms with E-state index >= 15 is 0 Å². The number of halogens is 2. The van der Waals surface area contributed by atoms with E-state index in [1.165, 1.54) is 13.2 Å². The lowest BCUT2D eigenvalue weighted by molar-refractivity contribution is 0.0179. The molecule has 1 N–H and O–H groups in total. The summed E-state index contributed by atoms with van der Waals surface area (Å²) in [5.41, 5.74) is -0.687. The molecule has 28 heavy (non-hydrogen) atoms. The molecule has 1 aromatic carbocycles. The Kier molecular flexibility index (Phi) is 6.85. The summed E-state index contributed by atoms with van der Waals surface area (Å²) in [5.74, 6) is -2.73. The first-order chi connectivity index (χ1) is 13.0. The second-order valence-corrected chi connectivity index (χ2v) is 8.05. The van der Waals surface area contributed by atoms with Crippen LogP contribution in [-0.4, -0.2) is 48.8 Å². The molecule has 0 unspecified atom stereocenters. The summed E-state index contributed by atoms with van der Waals surface area (Å²) in [7, 11) is 1.18. The van der Waals surface area contributed by atoms with E-state index in [1.54, 1.807) is 4.90 Å². The van der Waals surface area contributed by atoms with Gasteiger partial charge in [0.25, 0.3) is 0 Å². The van der Waals surface area contributed by atoms with Gasteiger partial charge in [0.2, 0.25) is 0 Å². The number of ether oxygens (including phenoxy) is 2. The zero-order chi connectivity index (χ0) is 21.1. The highest BCUT2D eigenvalue weighted by Gasteiger charge is 2.29. The molecule has 8 heteroatoms. The highest BCUT2D eigenvalue weighted by molar-refractivity contribution is 5.90. The van der Waals surface area contributed by atoms with E-state index in [0.717, 1.165) is 6.07 Å². The van der Waals surface area contributed by atoms with Gasteiger partial charge in [0.05, 0.1) is 18.4 Å². The minimum Gasteiger partial charge on any atom is -0.465 e. The topological polar surface area (TPSA) is 67.9 Å². The summed E-state index contributed by atoms with van der Waals surface area (Å²) >= 11 is 0. The zero-order valence-electron chi connectivity index (χ0n) is 17.0. The number of carbonyl (C=O) groups is 2. The van der Waals surface area contributed by atoms with Crippen molar-refractivity contribution in [2.24, 2.45) is 5.92 Å². The summed E-state index contributed by atoms with van der Waals surface area (Å²) in [6.45, 7) is 8.39. The first kappa shape index (κ1) is 21.9. The van der Waals surface area contributed by atoms with Crippen LogP contribution in [0.2, 0.25) is 0 Å². The number of piperidine rings is 1. The molecule has 2 rings (SSSR count). The Morgan fingerprint density at radius 2 is 1.82 bits per heavy atom. The van der Waals surface area contributed by atoms with Gasteiger partial charge < -0.3 is 19.7 Å². The predicted octanol–water partition coefficient (Wildman–Crippen LogP) is 4.20. The summed E-state index contributed by atoms with van der Waals surface area (Å²) < 4.78 is 37.9. The second-order valence-electron chi connectivity index (χ2n) is 8.05. The number of esters is 1. The number of hydrogen-bond acceptors (Lipinski definition) is 5. The van der Waals surface area contributed by atoms with E-state index in [-0.39, 0.29) is 29.3 Å². The number of benzene rings is 1. The average molecular weight is 398 g/mol. The third-order valence-electron chi connectivity index (χ3n) is 4.73. The SMILES string of the molecule is COC(=O)c1cc(F)c(F)c(N[C@@H](C)C2CCN(C(=O)OC(C)(C)C)CC2)c1. The quantitative estimate of drug-likeness (QED) is 0.770. The number of carbonyl (C=O) groups excluding carboxylic acids is 2.